The topological polar surface area (TPSA) is 11.4 Å². The molecule has 0 amide bonds. The molecular formula is C60H41N3. The maximum absolute atomic E-state index is 2.42. The van der Waals surface area contributed by atoms with Crippen molar-refractivity contribution in [3.05, 3.63) is 249 Å². The summed E-state index contributed by atoms with van der Waals surface area (Å²) in [5, 5.41) is 2.42. The standard InChI is InChI=1S/C60H41N3/c1-4-17-42(18-5-1)43-31-36-48(37-32-43)61(58-29-16-30-59-60(58)53-26-13-15-28-56(53)63(59)47-21-8-3-9-22-47)49-38-33-44(34-39-49)45-35-40-57-54(41-45)51-24-11-10-23-50(51)52-25-12-14-27-55(52)62(57)46-19-6-2-7-20-46/h1-41H. The number of rotatable bonds is 7. The molecule has 10 aromatic carbocycles. The van der Waals surface area contributed by atoms with Gasteiger partial charge in [-0.1, -0.05) is 164 Å². The maximum Gasteiger partial charge on any atom is 0.0562 e. The number of nitrogens with zero attached hydrogens (tertiary/aromatic N) is 3. The van der Waals surface area contributed by atoms with Gasteiger partial charge in [-0.2, -0.15) is 0 Å². The van der Waals surface area contributed by atoms with E-state index < -0.39 is 0 Å². The van der Waals surface area contributed by atoms with E-state index in [4.69, 9.17) is 0 Å². The number of hydrogen-bond donors (Lipinski definition) is 0. The lowest BCUT2D eigenvalue weighted by atomic mass is 9.92. The second-order valence-corrected chi connectivity index (χ2v) is 16.1. The highest BCUT2D eigenvalue weighted by Crippen LogP contribution is 2.52. The highest BCUT2D eigenvalue weighted by atomic mass is 15.2. The first kappa shape index (κ1) is 36.5. The molecule has 0 N–H and O–H groups in total. The Morgan fingerprint density at radius 3 is 1.49 bits per heavy atom. The average molecular weight is 804 g/mol. The summed E-state index contributed by atoms with van der Waals surface area (Å²) in [5.41, 5.74) is 19.9. The number of para-hydroxylation sites is 4. The predicted molar refractivity (Wildman–Crippen MR) is 265 cm³/mol. The number of benzene rings is 10. The largest absolute Gasteiger partial charge is 0.310 e. The molecule has 1 aliphatic rings. The van der Waals surface area contributed by atoms with Gasteiger partial charge in [0, 0.05) is 44.6 Å². The van der Waals surface area contributed by atoms with Gasteiger partial charge >= 0.3 is 0 Å². The Morgan fingerprint density at radius 1 is 0.302 bits per heavy atom. The lowest BCUT2D eigenvalue weighted by Crippen LogP contribution is -2.11. The summed E-state index contributed by atoms with van der Waals surface area (Å²) < 4.78 is 2.39. The minimum atomic E-state index is 1.08. The molecule has 0 saturated carbocycles. The zero-order valence-electron chi connectivity index (χ0n) is 34.5. The molecule has 0 radical (unpaired) electrons. The van der Waals surface area contributed by atoms with Crippen molar-refractivity contribution < 1.29 is 0 Å². The Hall–Kier alpha value is -8.40. The molecule has 63 heavy (non-hydrogen) atoms. The van der Waals surface area contributed by atoms with Crippen molar-refractivity contribution in [2.24, 2.45) is 0 Å². The van der Waals surface area contributed by atoms with Crippen LogP contribution in [0.2, 0.25) is 0 Å². The monoisotopic (exact) mass is 803 g/mol. The molecule has 0 spiro atoms. The van der Waals surface area contributed by atoms with E-state index in [1.165, 1.54) is 66.4 Å². The van der Waals surface area contributed by atoms with Gasteiger partial charge in [0.1, 0.15) is 0 Å². The zero-order valence-corrected chi connectivity index (χ0v) is 34.5. The molecule has 1 aromatic heterocycles. The van der Waals surface area contributed by atoms with E-state index in [0.717, 1.165) is 39.7 Å². The second kappa shape index (κ2) is 15.3. The molecule has 11 aromatic rings. The molecule has 0 bridgehead atoms. The highest BCUT2D eigenvalue weighted by Gasteiger charge is 2.27. The Labute approximate surface area is 367 Å². The first-order valence-corrected chi connectivity index (χ1v) is 21.6. The van der Waals surface area contributed by atoms with E-state index in [1.807, 2.05) is 0 Å². The lowest BCUT2D eigenvalue weighted by molar-refractivity contribution is 1.18. The van der Waals surface area contributed by atoms with E-state index in [-0.39, 0.29) is 0 Å². The van der Waals surface area contributed by atoms with Crippen molar-refractivity contribution >= 4 is 55.9 Å². The average Bonchev–Trinajstić information content (AvgIpc) is 3.65. The molecule has 0 aliphatic carbocycles. The lowest BCUT2D eigenvalue weighted by Gasteiger charge is -2.28. The summed E-state index contributed by atoms with van der Waals surface area (Å²) in [6.45, 7) is 0. The maximum atomic E-state index is 2.42. The van der Waals surface area contributed by atoms with Crippen molar-refractivity contribution in [2.75, 3.05) is 9.80 Å². The first-order valence-electron chi connectivity index (χ1n) is 21.6. The molecule has 3 heteroatoms. The predicted octanol–water partition coefficient (Wildman–Crippen LogP) is 16.7. The normalized spacial score (nSPS) is 11.8. The smallest absolute Gasteiger partial charge is 0.0562 e. The van der Waals surface area contributed by atoms with Gasteiger partial charge in [-0.25, -0.2) is 0 Å². The van der Waals surface area contributed by atoms with Gasteiger partial charge in [-0.3, -0.25) is 0 Å². The number of hydrogen-bond acceptors (Lipinski definition) is 2. The van der Waals surface area contributed by atoms with Crippen molar-refractivity contribution in [1.82, 2.24) is 4.57 Å². The van der Waals surface area contributed by atoms with Crippen LogP contribution in [0.3, 0.4) is 0 Å². The van der Waals surface area contributed by atoms with Crippen LogP contribution < -0.4 is 9.80 Å². The molecule has 1 aliphatic heterocycles. The third-order valence-corrected chi connectivity index (χ3v) is 12.5. The van der Waals surface area contributed by atoms with Crippen LogP contribution in [0.25, 0.3) is 72.0 Å². The molecular weight excluding hydrogens is 763 g/mol. The van der Waals surface area contributed by atoms with Gasteiger partial charge < -0.3 is 14.4 Å². The number of fused-ring (bicyclic) bond motifs is 8. The van der Waals surface area contributed by atoms with Crippen LogP contribution >= 0.6 is 0 Å². The highest BCUT2D eigenvalue weighted by molar-refractivity contribution is 6.16. The molecule has 296 valence electrons. The number of anilines is 6. The van der Waals surface area contributed by atoms with Gasteiger partial charge in [0.25, 0.3) is 0 Å². The Kier molecular flexibility index (Phi) is 8.83. The van der Waals surface area contributed by atoms with Crippen LogP contribution in [-0.4, -0.2) is 4.57 Å². The van der Waals surface area contributed by atoms with E-state index in [9.17, 15) is 0 Å². The Morgan fingerprint density at radius 2 is 0.794 bits per heavy atom. The first-order chi connectivity index (χ1) is 31.3. The van der Waals surface area contributed by atoms with Crippen LogP contribution in [0.1, 0.15) is 0 Å². The molecule has 3 nitrogen and oxygen atoms in total. The summed E-state index contributed by atoms with van der Waals surface area (Å²) in [7, 11) is 0. The van der Waals surface area contributed by atoms with Crippen LogP contribution in [-0.2, 0) is 0 Å². The molecule has 0 unspecified atom stereocenters. The van der Waals surface area contributed by atoms with Crippen molar-refractivity contribution in [1.29, 1.82) is 0 Å². The van der Waals surface area contributed by atoms with Crippen LogP contribution in [0.5, 0.6) is 0 Å². The molecule has 0 fully saturated rings. The van der Waals surface area contributed by atoms with Gasteiger partial charge in [-0.05, 0) is 118 Å². The molecule has 2 heterocycles. The third-order valence-electron chi connectivity index (χ3n) is 12.5. The van der Waals surface area contributed by atoms with Crippen LogP contribution in [0, 0.1) is 0 Å². The minimum Gasteiger partial charge on any atom is -0.310 e. The van der Waals surface area contributed by atoms with E-state index >= 15 is 0 Å². The van der Waals surface area contributed by atoms with Gasteiger partial charge in [-0.15, -0.1) is 0 Å². The SMILES string of the molecule is c1ccc(-c2ccc(N(c3ccc(-c4ccc5c(c4)-c4ccccc4-c4ccccc4N5c4ccccc4)cc3)c3cccc4c3c3ccccc3n4-c3ccccc3)cc2)cc1. The third kappa shape index (κ3) is 6.21. The van der Waals surface area contributed by atoms with Gasteiger partial charge in [0.15, 0.2) is 0 Å². The fourth-order valence-corrected chi connectivity index (χ4v) is 9.67. The fraction of sp³-hybridized carbons (Fsp3) is 0. The molecule has 12 rings (SSSR count). The Bertz CT molecular complexity index is 3430. The summed E-state index contributed by atoms with van der Waals surface area (Å²) >= 11 is 0. The van der Waals surface area contributed by atoms with E-state index in [0.29, 0.717) is 0 Å². The van der Waals surface area contributed by atoms with Crippen LogP contribution in [0.4, 0.5) is 34.1 Å². The second-order valence-electron chi connectivity index (χ2n) is 16.1. The van der Waals surface area contributed by atoms with Crippen LogP contribution in [0.15, 0.2) is 249 Å². The fourth-order valence-electron chi connectivity index (χ4n) is 9.67. The van der Waals surface area contributed by atoms with Crippen molar-refractivity contribution in [3.63, 3.8) is 0 Å². The van der Waals surface area contributed by atoms with E-state index in [2.05, 4.69) is 263 Å². The summed E-state index contributed by atoms with van der Waals surface area (Å²) in [6.07, 6.45) is 0. The summed E-state index contributed by atoms with van der Waals surface area (Å²) in [6, 6.07) is 90.2. The number of aromatic nitrogens is 1. The zero-order chi connectivity index (χ0) is 41.7. The van der Waals surface area contributed by atoms with E-state index in [1.54, 1.807) is 0 Å². The molecule has 0 atom stereocenters. The van der Waals surface area contributed by atoms with Gasteiger partial charge in [0.05, 0.1) is 28.1 Å². The summed E-state index contributed by atoms with van der Waals surface area (Å²) in [5.74, 6) is 0. The van der Waals surface area contributed by atoms with Crippen molar-refractivity contribution in [3.8, 4) is 50.2 Å². The summed E-state index contributed by atoms with van der Waals surface area (Å²) in [4.78, 5) is 4.83. The Balaban J connectivity index is 1.01. The minimum absolute atomic E-state index is 1.08. The van der Waals surface area contributed by atoms with Gasteiger partial charge in [0.2, 0.25) is 0 Å². The quantitative estimate of drug-likeness (QED) is 0.159. The van der Waals surface area contributed by atoms with Crippen molar-refractivity contribution in [2.45, 2.75) is 0 Å². The molecule has 0 saturated heterocycles.